The summed E-state index contributed by atoms with van der Waals surface area (Å²) in [5.74, 6) is 0.762. The first-order valence-corrected chi connectivity index (χ1v) is 6.29. The van der Waals surface area contributed by atoms with Crippen molar-refractivity contribution >= 4 is 0 Å². The third-order valence-electron chi connectivity index (χ3n) is 3.22. The van der Waals surface area contributed by atoms with Crippen molar-refractivity contribution in [2.24, 2.45) is 0 Å². The van der Waals surface area contributed by atoms with Crippen molar-refractivity contribution in [3.63, 3.8) is 0 Å². The van der Waals surface area contributed by atoms with Crippen LogP contribution in [0.15, 0.2) is 48.8 Å². The van der Waals surface area contributed by atoms with Gasteiger partial charge in [0.05, 0.1) is 5.69 Å². The summed E-state index contributed by atoms with van der Waals surface area (Å²) in [5, 5.41) is 0. The maximum atomic E-state index is 4.68. The zero-order chi connectivity index (χ0) is 13.2. The lowest BCUT2D eigenvalue weighted by molar-refractivity contribution is 1.17. The first-order valence-electron chi connectivity index (χ1n) is 6.29. The molecule has 0 unspecified atom stereocenters. The summed E-state index contributed by atoms with van der Waals surface area (Å²) in [6.45, 7) is 4.15. The number of nitrogens with zero attached hydrogens (tertiary/aromatic N) is 2. The van der Waals surface area contributed by atoms with Crippen LogP contribution < -0.4 is 0 Å². The molecule has 2 aromatic heterocycles. The first kappa shape index (κ1) is 11.7. The monoisotopic (exact) mass is 249 g/mol. The number of rotatable bonds is 2. The van der Waals surface area contributed by atoms with Crippen LogP contribution in [0.3, 0.4) is 0 Å². The highest BCUT2D eigenvalue weighted by atomic mass is 14.9. The number of hydrogen-bond donors (Lipinski definition) is 1. The molecule has 0 spiro atoms. The molecule has 3 aromatic rings. The number of aromatic nitrogens is 3. The van der Waals surface area contributed by atoms with E-state index >= 15 is 0 Å². The van der Waals surface area contributed by atoms with Crippen LogP contribution >= 0.6 is 0 Å². The third kappa shape index (κ3) is 2.15. The van der Waals surface area contributed by atoms with Gasteiger partial charge in [0.2, 0.25) is 0 Å². The largest absolute Gasteiger partial charge is 0.364 e. The lowest BCUT2D eigenvalue weighted by Gasteiger charge is -2.05. The molecular weight excluding hydrogens is 234 g/mol. The molecule has 0 atom stereocenters. The number of aromatic amines is 1. The summed E-state index contributed by atoms with van der Waals surface area (Å²) in [5.41, 5.74) is 5.50. The molecule has 19 heavy (non-hydrogen) atoms. The van der Waals surface area contributed by atoms with E-state index in [9.17, 15) is 0 Å². The van der Waals surface area contributed by atoms with Crippen molar-refractivity contribution in [2.45, 2.75) is 13.8 Å². The van der Waals surface area contributed by atoms with Gasteiger partial charge >= 0.3 is 0 Å². The molecule has 3 nitrogen and oxygen atoms in total. The molecule has 0 amide bonds. The fourth-order valence-electron chi connectivity index (χ4n) is 2.27. The number of aryl methyl sites for hydroxylation is 2. The number of hydrogen-bond acceptors (Lipinski definition) is 2. The molecule has 2 heterocycles. The van der Waals surface area contributed by atoms with Crippen molar-refractivity contribution in [2.75, 3.05) is 0 Å². The van der Waals surface area contributed by atoms with Gasteiger partial charge in [-0.05, 0) is 25.5 Å². The molecule has 1 aromatic carbocycles. The van der Waals surface area contributed by atoms with Crippen molar-refractivity contribution < 1.29 is 0 Å². The summed E-state index contributed by atoms with van der Waals surface area (Å²) in [7, 11) is 0. The van der Waals surface area contributed by atoms with Crippen LogP contribution in [0.1, 0.15) is 11.3 Å². The van der Waals surface area contributed by atoms with Crippen molar-refractivity contribution in [1.29, 1.82) is 0 Å². The number of H-pyrrole nitrogens is 1. The second kappa shape index (κ2) is 4.69. The Kier molecular flexibility index (Phi) is 2.88. The normalized spacial score (nSPS) is 10.6. The van der Waals surface area contributed by atoms with Crippen molar-refractivity contribution in [3.05, 3.63) is 60.0 Å². The topological polar surface area (TPSA) is 41.6 Å². The minimum absolute atomic E-state index is 0.762. The fraction of sp³-hybridized carbons (Fsp3) is 0.125. The minimum Gasteiger partial charge on any atom is -0.364 e. The highest BCUT2D eigenvalue weighted by Crippen LogP contribution is 2.26. The Morgan fingerprint density at radius 2 is 1.79 bits per heavy atom. The second-order valence-corrected chi connectivity index (χ2v) is 4.60. The predicted octanol–water partition coefficient (Wildman–Crippen LogP) is 3.76. The molecule has 94 valence electrons. The maximum absolute atomic E-state index is 4.68. The highest BCUT2D eigenvalue weighted by Gasteiger charge is 2.10. The Hall–Kier alpha value is -2.42. The molecule has 0 saturated heterocycles. The Bertz CT molecular complexity index is 680. The lowest BCUT2D eigenvalue weighted by atomic mass is 10.1. The van der Waals surface area contributed by atoms with Crippen LogP contribution in [0.5, 0.6) is 0 Å². The van der Waals surface area contributed by atoms with Crippen molar-refractivity contribution in [3.8, 4) is 22.6 Å². The van der Waals surface area contributed by atoms with Gasteiger partial charge in [0.25, 0.3) is 0 Å². The molecule has 3 rings (SSSR count). The SMILES string of the molecule is Cc1c[nH]c(C)c1-c1ccnc(-c2ccccc2)n1. The van der Waals surface area contributed by atoms with E-state index in [4.69, 9.17) is 0 Å². The smallest absolute Gasteiger partial charge is 0.159 e. The highest BCUT2D eigenvalue weighted by molar-refractivity contribution is 5.68. The number of nitrogens with one attached hydrogen (secondary N) is 1. The molecular formula is C16H15N3. The van der Waals surface area contributed by atoms with E-state index in [1.807, 2.05) is 48.8 Å². The van der Waals surface area contributed by atoms with Crippen LogP contribution in [0.25, 0.3) is 22.6 Å². The zero-order valence-electron chi connectivity index (χ0n) is 11.0. The van der Waals surface area contributed by atoms with E-state index in [2.05, 4.69) is 28.8 Å². The summed E-state index contributed by atoms with van der Waals surface area (Å²) in [4.78, 5) is 12.3. The summed E-state index contributed by atoms with van der Waals surface area (Å²) >= 11 is 0. The van der Waals surface area contributed by atoms with Gasteiger partial charge in [-0.3, -0.25) is 0 Å². The van der Waals surface area contributed by atoms with Gasteiger partial charge in [-0.15, -0.1) is 0 Å². The molecule has 0 radical (unpaired) electrons. The van der Waals surface area contributed by atoms with Gasteiger partial charge < -0.3 is 4.98 Å². The summed E-state index contributed by atoms with van der Waals surface area (Å²) < 4.78 is 0. The molecule has 0 aliphatic heterocycles. The molecule has 1 N–H and O–H groups in total. The van der Waals surface area contributed by atoms with Crippen LogP contribution in [-0.4, -0.2) is 15.0 Å². The van der Waals surface area contributed by atoms with E-state index < -0.39 is 0 Å². The van der Waals surface area contributed by atoms with E-state index in [0.29, 0.717) is 0 Å². The van der Waals surface area contributed by atoms with Gasteiger partial charge in [-0.1, -0.05) is 30.3 Å². The van der Waals surface area contributed by atoms with E-state index in [-0.39, 0.29) is 0 Å². The fourth-order valence-corrected chi connectivity index (χ4v) is 2.27. The molecule has 0 bridgehead atoms. The molecule has 0 aliphatic rings. The summed E-state index contributed by atoms with van der Waals surface area (Å²) in [6, 6.07) is 12.0. The first-order chi connectivity index (χ1) is 9.25. The minimum atomic E-state index is 0.762. The van der Waals surface area contributed by atoms with Crippen LogP contribution in [0, 0.1) is 13.8 Å². The molecule has 3 heteroatoms. The standard InChI is InChI=1S/C16H15N3/c1-11-10-18-12(2)15(11)14-8-9-17-16(19-14)13-6-4-3-5-7-13/h3-10,18H,1-2H3. The maximum Gasteiger partial charge on any atom is 0.159 e. The zero-order valence-corrected chi connectivity index (χ0v) is 11.0. The van der Waals surface area contributed by atoms with Crippen LogP contribution in [0.2, 0.25) is 0 Å². The van der Waals surface area contributed by atoms with Gasteiger partial charge in [-0.2, -0.15) is 0 Å². The van der Waals surface area contributed by atoms with Gasteiger partial charge in [0.15, 0.2) is 5.82 Å². The Labute approximate surface area is 112 Å². The van der Waals surface area contributed by atoms with Gasteiger partial charge in [0.1, 0.15) is 0 Å². The molecule has 0 fully saturated rings. The van der Waals surface area contributed by atoms with E-state index in [1.165, 1.54) is 11.1 Å². The molecule has 0 aliphatic carbocycles. The number of benzene rings is 1. The van der Waals surface area contributed by atoms with Gasteiger partial charge in [0, 0.05) is 29.2 Å². The predicted molar refractivity (Wildman–Crippen MR) is 76.7 cm³/mol. The molecule has 0 saturated carbocycles. The quantitative estimate of drug-likeness (QED) is 0.751. The van der Waals surface area contributed by atoms with Gasteiger partial charge in [-0.25, -0.2) is 9.97 Å². The Morgan fingerprint density at radius 1 is 1.00 bits per heavy atom. The van der Waals surface area contributed by atoms with Crippen LogP contribution in [-0.2, 0) is 0 Å². The average Bonchev–Trinajstić information content (AvgIpc) is 2.79. The van der Waals surface area contributed by atoms with E-state index in [1.54, 1.807) is 0 Å². The summed E-state index contributed by atoms with van der Waals surface area (Å²) in [6.07, 6.45) is 3.82. The average molecular weight is 249 g/mol. The lowest BCUT2D eigenvalue weighted by Crippen LogP contribution is -1.92. The Balaban J connectivity index is 2.11. The Morgan fingerprint density at radius 3 is 2.47 bits per heavy atom. The van der Waals surface area contributed by atoms with Crippen molar-refractivity contribution in [1.82, 2.24) is 15.0 Å². The van der Waals surface area contributed by atoms with E-state index in [0.717, 1.165) is 22.8 Å². The third-order valence-corrected chi connectivity index (χ3v) is 3.22. The van der Waals surface area contributed by atoms with Crippen LogP contribution in [0.4, 0.5) is 0 Å². The second-order valence-electron chi connectivity index (χ2n) is 4.60.